The van der Waals surface area contributed by atoms with E-state index in [0.717, 1.165) is 81.7 Å². The maximum atomic E-state index is 6.50. The highest BCUT2D eigenvalue weighted by molar-refractivity contribution is 7.21. The summed E-state index contributed by atoms with van der Waals surface area (Å²) < 4.78 is 13.9. The number of para-hydroxylation sites is 2. The van der Waals surface area contributed by atoms with Gasteiger partial charge >= 0.3 is 0 Å². The van der Waals surface area contributed by atoms with E-state index in [1.54, 1.807) is 11.3 Å². The highest BCUT2D eigenvalue weighted by Crippen LogP contribution is 2.45. The van der Waals surface area contributed by atoms with Gasteiger partial charge in [0.1, 0.15) is 27.3 Å². The molecule has 0 aliphatic carbocycles. The third-order valence-corrected chi connectivity index (χ3v) is 8.96. The predicted octanol–water partition coefficient (Wildman–Crippen LogP) is 11.2. The zero-order valence-corrected chi connectivity index (χ0v) is 23.1. The van der Waals surface area contributed by atoms with E-state index in [0.29, 0.717) is 0 Å². The Morgan fingerprint density at radius 1 is 0.524 bits per heavy atom. The SMILES string of the molecule is c1ccc(-c2nc3c(ccc4oc5cc(N(c6ccccc6)c6cccc7oc8ccccc8c67)ccc5c43)s2)cc1. The topological polar surface area (TPSA) is 42.4 Å². The Balaban J connectivity index is 1.27. The monoisotopic (exact) mass is 558 g/mol. The summed E-state index contributed by atoms with van der Waals surface area (Å²) in [7, 11) is 0. The number of furan rings is 2. The van der Waals surface area contributed by atoms with Gasteiger partial charge in [0.2, 0.25) is 0 Å². The smallest absolute Gasteiger partial charge is 0.137 e. The van der Waals surface area contributed by atoms with Crippen LogP contribution < -0.4 is 4.90 Å². The summed E-state index contributed by atoms with van der Waals surface area (Å²) in [6.07, 6.45) is 0. The molecule has 4 nitrogen and oxygen atoms in total. The molecule has 9 rings (SSSR count). The predicted molar refractivity (Wildman–Crippen MR) is 174 cm³/mol. The van der Waals surface area contributed by atoms with Crippen LogP contribution in [0.3, 0.4) is 0 Å². The van der Waals surface area contributed by atoms with Crippen molar-refractivity contribution in [1.82, 2.24) is 4.98 Å². The fraction of sp³-hybridized carbons (Fsp3) is 0. The first kappa shape index (κ1) is 23.3. The number of hydrogen-bond donors (Lipinski definition) is 0. The van der Waals surface area contributed by atoms with E-state index in [-0.39, 0.29) is 0 Å². The van der Waals surface area contributed by atoms with Crippen LogP contribution in [0.25, 0.3) is 64.7 Å². The van der Waals surface area contributed by atoms with E-state index in [1.807, 2.05) is 30.3 Å². The van der Waals surface area contributed by atoms with Crippen LogP contribution in [-0.2, 0) is 0 Å². The zero-order valence-electron chi connectivity index (χ0n) is 22.3. The second-order valence-electron chi connectivity index (χ2n) is 10.4. The maximum Gasteiger partial charge on any atom is 0.137 e. The molecule has 3 heterocycles. The largest absolute Gasteiger partial charge is 0.456 e. The Hall–Kier alpha value is -5.39. The van der Waals surface area contributed by atoms with E-state index in [1.165, 1.54) is 0 Å². The number of aromatic nitrogens is 1. The summed E-state index contributed by atoms with van der Waals surface area (Å²) in [4.78, 5) is 7.36. The lowest BCUT2D eigenvalue weighted by Crippen LogP contribution is -2.10. The molecular weight excluding hydrogens is 536 g/mol. The minimum absolute atomic E-state index is 0.828. The van der Waals surface area contributed by atoms with Gasteiger partial charge in [0, 0.05) is 33.8 Å². The molecular formula is C37H22N2O2S. The van der Waals surface area contributed by atoms with Crippen LogP contribution in [-0.4, -0.2) is 4.98 Å². The standard InChI is InChI=1S/C37H22N2O2S/c1-3-10-23(11-4-1)37-38-36-33(42-37)21-20-31-35(36)27-19-18-25(22-32(27)41-31)39(24-12-5-2-6-13-24)28-15-9-17-30-34(28)26-14-7-8-16-29(26)40-30/h1-22H. The Labute approximate surface area is 244 Å². The van der Waals surface area contributed by atoms with Crippen molar-refractivity contribution in [2.75, 3.05) is 4.90 Å². The van der Waals surface area contributed by atoms with Crippen LogP contribution in [0.2, 0.25) is 0 Å². The Morgan fingerprint density at radius 3 is 2.12 bits per heavy atom. The summed E-state index contributed by atoms with van der Waals surface area (Å²) in [5.41, 5.74) is 8.63. The zero-order chi connectivity index (χ0) is 27.6. The highest BCUT2D eigenvalue weighted by atomic mass is 32.1. The van der Waals surface area contributed by atoms with Crippen LogP contribution in [0.4, 0.5) is 17.1 Å². The molecule has 0 spiro atoms. The second kappa shape index (κ2) is 9.06. The van der Waals surface area contributed by atoms with Crippen LogP contribution in [0.15, 0.2) is 142 Å². The van der Waals surface area contributed by atoms with E-state index >= 15 is 0 Å². The van der Waals surface area contributed by atoms with Gasteiger partial charge in [-0.1, -0.05) is 72.8 Å². The van der Waals surface area contributed by atoms with Crippen LogP contribution in [0.1, 0.15) is 0 Å². The van der Waals surface area contributed by atoms with E-state index in [2.05, 4.69) is 108 Å². The van der Waals surface area contributed by atoms with Gasteiger partial charge in [-0.25, -0.2) is 4.98 Å². The molecule has 0 aliphatic heterocycles. The first-order valence-corrected chi connectivity index (χ1v) is 14.7. The molecule has 0 saturated carbocycles. The van der Waals surface area contributed by atoms with Gasteiger partial charge in [0.05, 0.1) is 26.7 Å². The number of nitrogens with zero attached hydrogens (tertiary/aromatic N) is 2. The first-order valence-electron chi connectivity index (χ1n) is 13.9. The lowest BCUT2D eigenvalue weighted by molar-refractivity contribution is 0.669. The van der Waals surface area contributed by atoms with Crippen molar-refractivity contribution >= 4 is 82.5 Å². The summed E-state index contributed by atoms with van der Waals surface area (Å²) >= 11 is 1.71. The molecule has 6 aromatic carbocycles. The van der Waals surface area contributed by atoms with Gasteiger partial charge in [0.15, 0.2) is 0 Å². The number of fused-ring (bicyclic) bond motifs is 8. The van der Waals surface area contributed by atoms with Gasteiger partial charge in [-0.2, -0.15) is 0 Å². The van der Waals surface area contributed by atoms with Crippen LogP contribution in [0, 0.1) is 0 Å². The van der Waals surface area contributed by atoms with Crippen molar-refractivity contribution in [1.29, 1.82) is 0 Å². The van der Waals surface area contributed by atoms with Crippen LogP contribution >= 0.6 is 11.3 Å². The van der Waals surface area contributed by atoms with E-state index in [9.17, 15) is 0 Å². The third-order valence-electron chi connectivity index (χ3n) is 7.89. The Bertz CT molecular complexity index is 2420. The fourth-order valence-corrected chi connectivity index (χ4v) is 7.01. The molecule has 5 heteroatoms. The number of hydrogen-bond acceptors (Lipinski definition) is 5. The molecule has 42 heavy (non-hydrogen) atoms. The normalized spacial score (nSPS) is 11.8. The number of rotatable bonds is 4. The molecule has 0 fully saturated rings. The van der Waals surface area contributed by atoms with Crippen LogP contribution in [0.5, 0.6) is 0 Å². The number of thiazole rings is 1. The van der Waals surface area contributed by atoms with Gasteiger partial charge in [0.25, 0.3) is 0 Å². The summed E-state index contributed by atoms with van der Waals surface area (Å²) in [6.45, 7) is 0. The molecule has 0 aliphatic rings. The lowest BCUT2D eigenvalue weighted by Gasteiger charge is -2.26. The van der Waals surface area contributed by atoms with Gasteiger partial charge in [-0.05, 0) is 54.6 Å². The molecule has 198 valence electrons. The molecule has 0 radical (unpaired) electrons. The number of benzene rings is 6. The molecule has 3 aromatic heterocycles. The third kappa shape index (κ3) is 3.51. The molecule has 0 unspecified atom stereocenters. The molecule has 0 saturated heterocycles. The van der Waals surface area contributed by atoms with Crippen molar-refractivity contribution in [3.05, 3.63) is 133 Å². The summed E-state index contributed by atoms with van der Waals surface area (Å²) in [5, 5.41) is 5.30. The van der Waals surface area contributed by atoms with E-state index in [4.69, 9.17) is 13.8 Å². The minimum atomic E-state index is 0.828. The Morgan fingerprint density at radius 2 is 1.24 bits per heavy atom. The van der Waals surface area contributed by atoms with Crippen molar-refractivity contribution in [2.45, 2.75) is 0 Å². The van der Waals surface area contributed by atoms with Crippen molar-refractivity contribution in [3.8, 4) is 10.6 Å². The van der Waals surface area contributed by atoms with Crippen molar-refractivity contribution < 1.29 is 8.83 Å². The first-order chi connectivity index (χ1) is 20.8. The minimum Gasteiger partial charge on any atom is -0.456 e. The fourth-order valence-electron chi connectivity index (χ4n) is 6.03. The molecule has 0 bridgehead atoms. The van der Waals surface area contributed by atoms with E-state index < -0.39 is 0 Å². The van der Waals surface area contributed by atoms with Gasteiger partial charge in [-0.3, -0.25) is 0 Å². The summed E-state index contributed by atoms with van der Waals surface area (Å²) in [5.74, 6) is 0. The van der Waals surface area contributed by atoms with Gasteiger partial charge in [-0.15, -0.1) is 11.3 Å². The van der Waals surface area contributed by atoms with Crippen molar-refractivity contribution in [2.24, 2.45) is 0 Å². The number of anilines is 3. The molecule has 0 N–H and O–H groups in total. The second-order valence-corrected chi connectivity index (χ2v) is 11.4. The van der Waals surface area contributed by atoms with Gasteiger partial charge < -0.3 is 13.7 Å². The van der Waals surface area contributed by atoms with Crippen molar-refractivity contribution in [3.63, 3.8) is 0 Å². The summed E-state index contributed by atoms with van der Waals surface area (Å²) in [6, 6.07) is 45.9. The Kier molecular flexibility index (Phi) is 5.03. The average Bonchev–Trinajstić information content (AvgIpc) is 3.75. The maximum absolute atomic E-state index is 6.50. The molecule has 0 amide bonds. The molecule has 0 atom stereocenters. The lowest BCUT2D eigenvalue weighted by atomic mass is 10.1. The highest BCUT2D eigenvalue weighted by Gasteiger charge is 2.21. The average molecular weight is 559 g/mol. The quantitative estimate of drug-likeness (QED) is 0.215. The molecule has 9 aromatic rings.